The highest BCUT2D eigenvalue weighted by Gasteiger charge is 2.44. The summed E-state index contributed by atoms with van der Waals surface area (Å²) in [5.74, 6) is -0.847. The predicted octanol–water partition coefficient (Wildman–Crippen LogP) is 4.19. The van der Waals surface area contributed by atoms with E-state index in [9.17, 15) is 14.7 Å². The number of carbonyl (C=O) groups is 2. The van der Waals surface area contributed by atoms with Crippen molar-refractivity contribution in [3.8, 4) is 0 Å². The first-order valence-corrected chi connectivity index (χ1v) is 9.97. The second-order valence-electron chi connectivity index (χ2n) is 6.97. The monoisotopic (exact) mass is 408 g/mol. The molecule has 29 heavy (non-hydrogen) atoms. The van der Waals surface area contributed by atoms with Crippen LogP contribution in [0.3, 0.4) is 0 Å². The molecule has 3 heterocycles. The van der Waals surface area contributed by atoms with Crippen LogP contribution in [0.15, 0.2) is 75.9 Å². The lowest BCUT2D eigenvalue weighted by molar-refractivity contribution is -0.130. The van der Waals surface area contributed by atoms with Gasteiger partial charge in [-0.05, 0) is 41.3 Å². The van der Waals surface area contributed by atoms with E-state index in [1.165, 1.54) is 22.5 Å². The Morgan fingerprint density at radius 3 is 2.52 bits per heavy atom. The Bertz CT molecular complexity index is 1050. The summed E-state index contributed by atoms with van der Waals surface area (Å²) >= 11 is 1.28. The SMILES string of the molecule is CN(C)c1ccc([C@@H]2C(C(=O)c3cccs3)=C(O)C(=O)N2Cc2ccco2)cc1. The third kappa shape index (κ3) is 3.45. The number of nitrogens with zero attached hydrogens (tertiary/aromatic N) is 2. The Morgan fingerprint density at radius 1 is 1.17 bits per heavy atom. The number of thiophene rings is 1. The number of rotatable bonds is 6. The molecule has 1 aliphatic heterocycles. The second kappa shape index (κ2) is 7.60. The molecule has 1 aromatic carbocycles. The van der Waals surface area contributed by atoms with E-state index in [4.69, 9.17) is 4.42 Å². The van der Waals surface area contributed by atoms with Crippen LogP contribution in [0.2, 0.25) is 0 Å². The summed E-state index contributed by atoms with van der Waals surface area (Å²) in [5, 5.41) is 12.4. The fourth-order valence-electron chi connectivity index (χ4n) is 3.46. The number of aliphatic hydroxyl groups excluding tert-OH is 1. The first-order valence-electron chi connectivity index (χ1n) is 9.09. The van der Waals surface area contributed by atoms with E-state index in [-0.39, 0.29) is 17.9 Å². The molecule has 7 heteroatoms. The number of hydrogen-bond acceptors (Lipinski definition) is 6. The lowest BCUT2D eigenvalue weighted by Gasteiger charge is -2.26. The molecule has 1 aliphatic rings. The topological polar surface area (TPSA) is 74.0 Å². The van der Waals surface area contributed by atoms with Gasteiger partial charge < -0.3 is 19.3 Å². The summed E-state index contributed by atoms with van der Waals surface area (Å²) in [6.45, 7) is 0.150. The summed E-state index contributed by atoms with van der Waals surface area (Å²) < 4.78 is 5.40. The number of furan rings is 1. The smallest absolute Gasteiger partial charge is 0.290 e. The molecule has 0 fully saturated rings. The van der Waals surface area contributed by atoms with Crippen molar-refractivity contribution < 1.29 is 19.1 Å². The predicted molar refractivity (Wildman–Crippen MR) is 111 cm³/mol. The van der Waals surface area contributed by atoms with Gasteiger partial charge in [-0.15, -0.1) is 11.3 Å². The van der Waals surface area contributed by atoms with Crippen molar-refractivity contribution in [2.45, 2.75) is 12.6 Å². The molecule has 1 atom stereocenters. The number of carbonyl (C=O) groups excluding carboxylic acids is 2. The molecule has 0 unspecified atom stereocenters. The number of amides is 1. The maximum atomic E-state index is 13.2. The minimum atomic E-state index is -0.696. The van der Waals surface area contributed by atoms with Crippen molar-refractivity contribution >= 4 is 28.7 Å². The van der Waals surface area contributed by atoms with Crippen molar-refractivity contribution in [3.05, 3.63) is 87.7 Å². The molecule has 148 valence electrons. The summed E-state index contributed by atoms with van der Waals surface area (Å²) in [7, 11) is 3.88. The van der Waals surface area contributed by atoms with Crippen LogP contribution in [-0.2, 0) is 11.3 Å². The van der Waals surface area contributed by atoms with E-state index in [0.717, 1.165) is 11.3 Å². The van der Waals surface area contributed by atoms with Crippen LogP contribution in [0.1, 0.15) is 27.0 Å². The van der Waals surface area contributed by atoms with Gasteiger partial charge in [-0.3, -0.25) is 9.59 Å². The van der Waals surface area contributed by atoms with Crippen LogP contribution in [0.4, 0.5) is 5.69 Å². The molecule has 4 rings (SSSR count). The third-order valence-corrected chi connectivity index (χ3v) is 5.79. The molecule has 1 amide bonds. The van der Waals surface area contributed by atoms with Crippen molar-refractivity contribution in [3.63, 3.8) is 0 Å². The zero-order valence-corrected chi connectivity index (χ0v) is 16.8. The maximum Gasteiger partial charge on any atom is 0.290 e. The molecule has 3 aromatic rings. The van der Waals surface area contributed by atoms with Gasteiger partial charge >= 0.3 is 0 Å². The van der Waals surface area contributed by atoms with E-state index >= 15 is 0 Å². The van der Waals surface area contributed by atoms with E-state index in [1.807, 2.05) is 43.3 Å². The highest BCUT2D eigenvalue weighted by atomic mass is 32.1. The van der Waals surface area contributed by atoms with Gasteiger partial charge in [-0.25, -0.2) is 0 Å². The van der Waals surface area contributed by atoms with Crippen molar-refractivity contribution in [1.29, 1.82) is 0 Å². The molecule has 0 bridgehead atoms. The van der Waals surface area contributed by atoms with Crippen molar-refractivity contribution in [2.75, 3.05) is 19.0 Å². The summed E-state index contributed by atoms with van der Waals surface area (Å²) in [4.78, 5) is 30.0. The number of hydrogen-bond donors (Lipinski definition) is 1. The van der Waals surface area contributed by atoms with E-state index in [0.29, 0.717) is 10.6 Å². The van der Waals surface area contributed by atoms with E-state index < -0.39 is 17.7 Å². The second-order valence-corrected chi connectivity index (χ2v) is 7.92. The van der Waals surface area contributed by atoms with Gasteiger partial charge in [0.15, 0.2) is 5.76 Å². The number of aliphatic hydroxyl groups is 1. The summed E-state index contributed by atoms with van der Waals surface area (Å²) in [6, 6.07) is 13.9. The average Bonchev–Trinajstić information content (AvgIpc) is 3.46. The number of benzene rings is 1. The Labute approximate surface area is 172 Å². The molecule has 0 radical (unpaired) electrons. The molecule has 6 nitrogen and oxygen atoms in total. The Morgan fingerprint density at radius 2 is 1.93 bits per heavy atom. The van der Waals surface area contributed by atoms with Crippen LogP contribution in [-0.4, -0.2) is 35.8 Å². The van der Waals surface area contributed by atoms with Crippen molar-refractivity contribution in [1.82, 2.24) is 4.90 Å². The van der Waals surface area contributed by atoms with Gasteiger partial charge in [-0.1, -0.05) is 18.2 Å². The first-order chi connectivity index (χ1) is 14.0. The molecule has 2 aromatic heterocycles. The van der Waals surface area contributed by atoms with Gasteiger partial charge in [0, 0.05) is 19.8 Å². The molecular weight excluding hydrogens is 388 g/mol. The lowest BCUT2D eigenvalue weighted by Crippen LogP contribution is -2.30. The molecular formula is C22H20N2O4S. The van der Waals surface area contributed by atoms with Crippen LogP contribution in [0.25, 0.3) is 0 Å². The summed E-state index contributed by atoms with van der Waals surface area (Å²) in [5.41, 5.74) is 1.84. The van der Waals surface area contributed by atoms with Gasteiger partial charge in [0.1, 0.15) is 5.76 Å². The van der Waals surface area contributed by atoms with Gasteiger partial charge in [-0.2, -0.15) is 0 Å². The molecule has 0 spiro atoms. The third-order valence-electron chi connectivity index (χ3n) is 4.92. The molecule has 0 aliphatic carbocycles. The zero-order chi connectivity index (χ0) is 20.5. The first kappa shape index (κ1) is 19.0. The van der Waals surface area contributed by atoms with Gasteiger partial charge in [0.05, 0.1) is 29.3 Å². The van der Waals surface area contributed by atoms with Gasteiger partial charge in [0.2, 0.25) is 5.78 Å². The fourth-order valence-corrected chi connectivity index (χ4v) is 4.14. The Hall–Kier alpha value is -3.32. The van der Waals surface area contributed by atoms with Crippen LogP contribution in [0.5, 0.6) is 0 Å². The lowest BCUT2D eigenvalue weighted by atomic mass is 9.95. The normalized spacial score (nSPS) is 16.6. The van der Waals surface area contributed by atoms with Crippen LogP contribution in [0, 0.1) is 0 Å². The standard InChI is InChI=1S/C22H20N2O4S/c1-23(2)15-9-7-14(8-10-15)19-18(20(25)17-6-4-12-29-17)21(26)22(27)24(19)13-16-5-3-11-28-16/h3-12,19,26H,13H2,1-2H3/t19-/m1/s1. The minimum Gasteiger partial charge on any atom is -0.503 e. The molecule has 0 saturated heterocycles. The zero-order valence-electron chi connectivity index (χ0n) is 16.0. The van der Waals surface area contributed by atoms with Crippen LogP contribution < -0.4 is 4.90 Å². The largest absolute Gasteiger partial charge is 0.503 e. The van der Waals surface area contributed by atoms with Gasteiger partial charge in [0.25, 0.3) is 5.91 Å². The number of ketones is 1. The molecule has 1 N–H and O–H groups in total. The fraction of sp³-hybridized carbons (Fsp3) is 0.182. The highest BCUT2D eigenvalue weighted by molar-refractivity contribution is 7.12. The maximum absolute atomic E-state index is 13.2. The molecule has 0 saturated carbocycles. The van der Waals surface area contributed by atoms with Crippen molar-refractivity contribution in [2.24, 2.45) is 0 Å². The average molecular weight is 408 g/mol. The quantitative estimate of drug-likeness (QED) is 0.619. The Kier molecular flexibility index (Phi) is 4.98. The van der Waals surface area contributed by atoms with E-state index in [1.54, 1.807) is 29.6 Å². The van der Waals surface area contributed by atoms with Crippen LogP contribution >= 0.6 is 11.3 Å². The Balaban J connectivity index is 1.78. The van der Waals surface area contributed by atoms with E-state index in [2.05, 4.69) is 0 Å². The number of anilines is 1. The summed E-state index contributed by atoms with van der Waals surface area (Å²) in [6.07, 6.45) is 1.53. The minimum absolute atomic E-state index is 0.0987. The highest BCUT2D eigenvalue weighted by Crippen LogP contribution is 2.40. The number of Topliss-reactive ketones (excluding diaryl/α,β-unsaturated/α-hetero) is 1.